The third-order valence-corrected chi connectivity index (χ3v) is 5.88. The predicted octanol–water partition coefficient (Wildman–Crippen LogP) is 4.46. The van der Waals surface area contributed by atoms with Crippen LogP contribution in [0, 0.1) is 6.92 Å². The fraction of sp³-hybridized carbons (Fsp3) is 0.143. The topological polar surface area (TPSA) is 77.1 Å². The summed E-state index contributed by atoms with van der Waals surface area (Å²) in [7, 11) is 1.73. The quantitative estimate of drug-likeness (QED) is 0.468. The van der Waals surface area contributed by atoms with Crippen LogP contribution < -0.4 is 16.6 Å². The summed E-state index contributed by atoms with van der Waals surface area (Å²) in [6, 6.07) is 28.1. The van der Waals surface area contributed by atoms with E-state index in [1.54, 1.807) is 17.7 Å². The normalized spacial score (nSPS) is 11.9. The van der Waals surface area contributed by atoms with Gasteiger partial charge in [-0.1, -0.05) is 72.8 Å². The molecule has 0 aliphatic rings. The molecule has 1 amide bonds. The van der Waals surface area contributed by atoms with E-state index in [0.717, 1.165) is 27.8 Å². The first kappa shape index (κ1) is 22.2. The van der Waals surface area contributed by atoms with Crippen LogP contribution in [0.5, 0.6) is 0 Å². The van der Waals surface area contributed by atoms with Crippen molar-refractivity contribution in [2.24, 2.45) is 12.8 Å². The van der Waals surface area contributed by atoms with Gasteiger partial charge in [0, 0.05) is 36.5 Å². The molecule has 4 aromatic rings. The van der Waals surface area contributed by atoms with Crippen molar-refractivity contribution < 1.29 is 4.79 Å². The van der Waals surface area contributed by atoms with Crippen molar-refractivity contribution >= 4 is 11.6 Å². The van der Waals surface area contributed by atoms with Gasteiger partial charge in [0.15, 0.2) is 0 Å². The molecule has 33 heavy (non-hydrogen) atoms. The van der Waals surface area contributed by atoms with Crippen LogP contribution in [0.4, 0.5) is 5.69 Å². The second-order valence-corrected chi connectivity index (χ2v) is 8.21. The van der Waals surface area contributed by atoms with Crippen LogP contribution >= 0.6 is 0 Å². The molecule has 166 valence electrons. The Kier molecular flexibility index (Phi) is 6.52. The van der Waals surface area contributed by atoms with Gasteiger partial charge < -0.3 is 15.6 Å². The average molecular weight is 438 g/mol. The SMILES string of the molecule is Cc1cc(=O)n(C)cc1-c1ccc(NC(=O)[C@@H](N)C(c2ccccc2)c2ccccc2)cc1. The minimum Gasteiger partial charge on any atom is -0.325 e. The minimum absolute atomic E-state index is 0.0412. The van der Waals surface area contributed by atoms with Crippen LogP contribution in [0.2, 0.25) is 0 Å². The van der Waals surface area contributed by atoms with Crippen molar-refractivity contribution in [3.05, 3.63) is 124 Å². The number of amides is 1. The maximum absolute atomic E-state index is 13.1. The summed E-state index contributed by atoms with van der Waals surface area (Å²) in [6.45, 7) is 1.92. The number of nitrogens with one attached hydrogen (secondary N) is 1. The van der Waals surface area contributed by atoms with E-state index < -0.39 is 6.04 Å². The van der Waals surface area contributed by atoms with Gasteiger partial charge in [0.25, 0.3) is 5.56 Å². The summed E-state index contributed by atoms with van der Waals surface area (Å²) in [4.78, 5) is 24.9. The molecule has 0 aliphatic heterocycles. The molecule has 5 nitrogen and oxygen atoms in total. The number of aromatic nitrogens is 1. The Morgan fingerprint density at radius 3 is 1.97 bits per heavy atom. The third kappa shape index (κ3) is 4.94. The first-order chi connectivity index (χ1) is 15.9. The average Bonchev–Trinajstić information content (AvgIpc) is 2.83. The monoisotopic (exact) mass is 437 g/mol. The zero-order chi connectivity index (χ0) is 23.4. The minimum atomic E-state index is -0.764. The predicted molar refractivity (Wildman–Crippen MR) is 133 cm³/mol. The molecule has 1 aromatic heterocycles. The Morgan fingerprint density at radius 2 is 1.42 bits per heavy atom. The van der Waals surface area contributed by atoms with Gasteiger partial charge in [0.05, 0.1) is 6.04 Å². The molecule has 0 spiro atoms. The number of rotatable bonds is 6. The molecule has 1 heterocycles. The number of benzene rings is 3. The summed E-state index contributed by atoms with van der Waals surface area (Å²) in [5, 5.41) is 2.96. The van der Waals surface area contributed by atoms with Gasteiger partial charge in [-0.2, -0.15) is 0 Å². The van der Waals surface area contributed by atoms with E-state index in [0.29, 0.717) is 5.69 Å². The lowest BCUT2D eigenvalue weighted by atomic mass is 9.85. The molecule has 4 rings (SSSR count). The molecular weight excluding hydrogens is 410 g/mol. The van der Waals surface area contributed by atoms with Crippen LogP contribution in [-0.2, 0) is 11.8 Å². The van der Waals surface area contributed by atoms with Gasteiger partial charge in [0.2, 0.25) is 5.91 Å². The maximum Gasteiger partial charge on any atom is 0.250 e. The van der Waals surface area contributed by atoms with Crippen LogP contribution in [0.25, 0.3) is 11.1 Å². The van der Waals surface area contributed by atoms with E-state index in [1.807, 2.05) is 98.0 Å². The van der Waals surface area contributed by atoms with Crippen LogP contribution in [-0.4, -0.2) is 16.5 Å². The first-order valence-corrected chi connectivity index (χ1v) is 10.9. The molecule has 3 aromatic carbocycles. The molecule has 0 aliphatic carbocycles. The summed E-state index contributed by atoms with van der Waals surface area (Å²) in [6.07, 6.45) is 1.82. The number of carbonyl (C=O) groups is 1. The molecule has 0 radical (unpaired) electrons. The number of carbonyl (C=O) groups excluding carboxylic acids is 1. The number of hydrogen-bond donors (Lipinski definition) is 2. The third-order valence-electron chi connectivity index (χ3n) is 5.88. The van der Waals surface area contributed by atoms with Crippen molar-refractivity contribution in [3.63, 3.8) is 0 Å². The van der Waals surface area contributed by atoms with Crippen LogP contribution in [0.15, 0.2) is 102 Å². The van der Waals surface area contributed by atoms with Gasteiger partial charge in [-0.05, 0) is 41.3 Å². The number of pyridine rings is 1. The number of nitrogens with zero attached hydrogens (tertiary/aromatic N) is 1. The van der Waals surface area contributed by atoms with Gasteiger partial charge >= 0.3 is 0 Å². The van der Waals surface area contributed by atoms with Crippen LogP contribution in [0.3, 0.4) is 0 Å². The Labute approximate surface area is 193 Å². The summed E-state index contributed by atoms with van der Waals surface area (Å²) < 4.78 is 1.56. The molecule has 0 saturated heterocycles. The zero-order valence-corrected chi connectivity index (χ0v) is 18.7. The highest BCUT2D eigenvalue weighted by molar-refractivity contribution is 5.96. The lowest BCUT2D eigenvalue weighted by Crippen LogP contribution is -2.41. The van der Waals surface area contributed by atoms with Crippen molar-refractivity contribution in [1.82, 2.24) is 4.57 Å². The number of anilines is 1. The number of aryl methyl sites for hydroxylation is 2. The van der Waals surface area contributed by atoms with E-state index in [4.69, 9.17) is 5.73 Å². The fourth-order valence-corrected chi connectivity index (χ4v) is 4.06. The molecule has 0 fully saturated rings. The highest BCUT2D eigenvalue weighted by Crippen LogP contribution is 2.28. The van der Waals surface area contributed by atoms with Crippen molar-refractivity contribution in [1.29, 1.82) is 0 Å². The molecule has 1 atom stereocenters. The standard InChI is InChI=1S/C28H27N3O2/c1-19-17-25(32)31(2)18-24(19)20-13-15-23(16-14-20)30-28(33)27(29)26(21-9-5-3-6-10-21)22-11-7-4-8-12-22/h3-18,26-27H,29H2,1-2H3,(H,30,33)/t27-/m0/s1. The Bertz CT molecular complexity index is 1260. The van der Waals surface area contributed by atoms with Crippen LogP contribution in [0.1, 0.15) is 22.6 Å². The Balaban J connectivity index is 1.56. The lowest BCUT2D eigenvalue weighted by molar-refractivity contribution is -0.117. The second kappa shape index (κ2) is 9.67. The zero-order valence-electron chi connectivity index (χ0n) is 18.7. The Morgan fingerprint density at radius 1 is 0.879 bits per heavy atom. The van der Waals surface area contributed by atoms with Crippen molar-refractivity contribution in [2.75, 3.05) is 5.32 Å². The molecule has 5 heteroatoms. The largest absolute Gasteiger partial charge is 0.325 e. The summed E-state index contributed by atoms with van der Waals surface area (Å²) in [5.74, 6) is -0.515. The summed E-state index contributed by atoms with van der Waals surface area (Å²) in [5.41, 5.74) is 12.0. The van der Waals surface area contributed by atoms with Gasteiger partial charge in [-0.3, -0.25) is 9.59 Å². The maximum atomic E-state index is 13.1. The molecule has 0 saturated carbocycles. The van der Waals surface area contributed by atoms with E-state index in [2.05, 4.69) is 5.32 Å². The molecule has 0 bridgehead atoms. The molecule has 3 N–H and O–H groups in total. The molecule has 0 unspecified atom stereocenters. The fourth-order valence-electron chi connectivity index (χ4n) is 4.06. The van der Waals surface area contributed by atoms with Gasteiger partial charge in [0.1, 0.15) is 0 Å². The molecular formula is C28H27N3O2. The van der Waals surface area contributed by atoms with Gasteiger partial charge in [-0.15, -0.1) is 0 Å². The second-order valence-electron chi connectivity index (χ2n) is 8.21. The van der Waals surface area contributed by atoms with Gasteiger partial charge in [-0.25, -0.2) is 0 Å². The Hall–Kier alpha value is -3.96. The van der Waals surface area contributed by atoms with Crippen molar-refractivity contribution in [3.8, 4) is 11.1 Å². The van der Waals surface area contributed by atoms with E-state index in [1.165, 1.54) is 0 Å². The number of hydrogen-bond acceptors (Lipinski definition) is 3. The van der Waals surface area contributed by atoms with E-state index in [9.17, 15) is 9.59 Å². The van der Waals surface area contributed by atoms with E-state index in [-0.39, 0.29) is 17.4 Å². The summed E-state index contributed by atoms with van der Waals surface area (Å²) >= 11 is 0. The number of nitrogens with two attached hydrogens (primary N) is 1. The lowest BCUT2D eigenvalue weighted by Gasteiger charge is -2.24. The smallest absolute Gasteiger partial charge is 0.250 e. The van der Waals surface area contributed by atoms with Crippen molar-refractivity contribution in [2.45, 2.75) is 18.9 Å². The highest BCUT2D eigenvalue weighted by atomic mass is 16.2. The van der Waals surface area contributed by atoms with E-state index >= 15 is 0 Å². The first-order valence-electron chi connectivity index (χ1n) is 10.9. The highest BCUT2D eigenvalue weighted by Gasteiger charge is 2.27.